The number of hydrogen-bond donors (Lipinski definition) is 0. The van der Waals surface area contributed by atoms with Gasteiger partial charge in [-0.05, 0) is 103 Å². The second-order valence-corrected chi connectivity index (χ2v) is 13.7. The molecule has 9 rings (SSSR count). The minimum atomic E-state index is 1.09. The molecule has 0 aliphatic rings. The van der Waals surface area contributed by atoms with E-state index in [4.69, 9.17) is 0 Å². The van der Waals surface area contributed by atoms with Crippen LogP contribution in [0.25, 0.3) is 66.8 Å². The first-order chi connectivity index (χ1) is 27.3. The van der Waals surface area contributed by atoms with Crippen LogP contribution in [0.15, 0.2) is 237 Å². The fourth-order valence-electron chi connectivity index (χ4n) is 7.65. The molecule has 0 atom stereocenters. The van der Waals surface area contributed by atoms with Gasteiger partial charge >= 0.3 is 0 Å². The molecule has 0 spiro atoms. The highest BCUT2D eigenvalue weighted by atomic mass is 15.1. The smallest absolute Gasteiger partial charge is 0.0468 e. The average Bonchev–Trinajstić information content (AvgIpc) is 3.28. The van der Waals surface area contributed by atoms with Gasteiger partial charge in [0, 0.05) is 17.1 Å². The van der Waals surface area contributed by atoms with Crippen molar-refractivity contribution < 1.29 is 0 Å². The van der Waals surface area contributed by atoms with Gasteiger partial charge in [0.2, 0.25) is 0 Å². The second kappa shape index (κ2) is 15.4. The fraction of sp³-hybridized carbons (Fsp3) is 0. The van der Waals surface area contributed by atoms with Crippen LogP contribution in [0.5, 0.6) is 0 Å². The minimum Gasteiger partial charge on any atom is -0.310 e. The van der Waals surface area contributed by atoms with Crippen LogP contribution in [0.1, 0.15) is 0 Å². The zero-order chi connectivity index (χ0) is 36.8. The van der Waals surface area contributed by atoms with E-state index in [9.17, 15) is 0 Å². The second-order valence-electron chi connectivity index (χ2n) is 13.7. The Hall–Kier alpha value is -7.22. The van der Waals surface area contributed by atoms with Gasteiger partial charge in [0.05, 0.1) is 0 Å². The first-order valence-corrected chi connectivity index (χ1v) is 18.8. The van der Waals surface area contributed by atoms with Crippen molar-refractivity contribution in [2.24, 2.45) is 0 Å². The van der Waals surface area contributed by atoms with Crippen LogP contribution in [0.3, 0.4) is 0 Å². The lowest BCUT2D eigenvalue weighted by Gasteiger charge is -2.27. The molecule has 0 aliphatic carbocycles. The average molecular weight is 702 g/mol. The molecule has 0 radical (unpaired) electrons. The van der Waals surface area contributed by atoms with E-state index < -0.39 is 0 Å². The molecular formula is C54H39N. The van der Waals surface area contributed by atoms with Gasteiger partial charge in [0.25, 0.3) is 0 Å². The molecule has 55 heavy (non-hydrogen) atoms. The highest BCUT2D eigenvalue weighted by molar-refractivity contribution is 5.93. The molecule has 0 unspecified atom stereocenters. The maximum atomic E-state index is 2.38. The van der Waals surface area contributed by atoms with E-state index in [0.717, 1.165) is 17.1 Å². The molecule has 0 bridgehead atoms. The van der Waals surface area contributed by atoms with Crippen molar-refractivity contribution in [3.05, 3.63) is 237 Å². The van der Waals surface area contributed by atoms with E-state index in [-0.39, 0.29) is 0 Å². The lowest BCUT2D eigenvalue weighted by molar-refractivity contribution is 1.28. The summed E-state index contributed by atoms with van der Waals surface area (Å²) in [6, 6.07) is 85.0. The van der Waals surface area contributed by atoms with Gasteiger partial charge in [-0.3, -0.25) is 0 Å². The molecule has 0 heterocycles. The van der Waals surface area contributed by atoms with Crippen LogP contribution >= 0.6 is 0 Å². The Morgan fingerprint density at radius 2 is 0.545 bits per heavy atom. The van der Waals surface area contributed by atoms with Gasteiger partial charge in [0.15, 0.2) is 0 Å². The summed E-state index contributed by atoms with van der Waals surface area (Å²) in [6.45, 7) is 0. The van der Waals surface area contributed by atoms with E-state index in [1.54, 1.807) is 0 Å². The summed E-state index contributed by atoms with van der Waals surface area (Å²) in [5.41, 5.74) is 17.7. The number of anilines is 3. The summed E-state index contributed by atoms with van der Waals surface area (Å²) in [4.78, 5) is 2.38. The van der Waals surface area contributed by atoms with Crippen molar-refractivity contribution in [1.29, 1.82) is 0 Å². The van der Waals surface area contributed by atoms with Crippen LogP contribution in [0.2, 0.25) is 0 Å². The summed E-state index contributed by atoms with van der Waals surface area (Å²) < 4.78 is 0. The minimum absolute atomic E-state index is 1.09. The summed E-state index contributed by atoms with van der Waals surface area (Å²) in [5.74, 6) is 0. The van der Waals surface area contributed by atoms with Gasteiger partial charge in [-0.25, -0.2) is 0 Å². The van der Waals surface area contributed by atoms with Crippen LogP contribution < -0.4 is 4.90 Å². The largest absolute Gasteiger partial charge is 0.310 e. The summed E-state index contributed by atoms with van der Waals surface area (Å²) in [5, 5.41) is 0. The Morgan fingerprint density at radius 1 is 0.182 bits per heavy atom. The Morgan fingerprint density at radius 3 is 1.07 bits per heavy atom. The van der Waals surface area contributed by atoms with Crippen LogP contribution in [-0.4, -0.2) is 0 Å². The molecule has 0 saturated carbocycles. The van der Waals surface area contributed by atoms with Crippen molar-refractivity contribution in [1.82, 2.24) is 0 Å². The van der Waals surface area contributed by atoms with E-state index in [1.165, 1.54) is 66.8 Å². The zero-order valence-electron chi connectivity index (χ0n) is 30.5. The molecule has 1 nitrogen and oxygen atoms in total. The summed E-state index contributed by atoms with van der Waals surface area (Å²) in [6.07, 6.45) is 0. The zero-order valence-corrected chi connectivity index (χ0v) is 30.5. The highest BCUT2D eigenvalue weighted by Crippen LogP contribution is 2.43. The molecule has 0 amide bonds. The molecule has 0 saturated heterocycles. The molecule has 0 aliphatic heterocycles. The van der Waals surface area contributed by atoms with Gasteiger partial charge in [-0.2, -0.15) is 0 Å². The SMILES string of the molecule is c1ccc(-c2cccc(N(c3ccc(-c4ccccc4-c4ccccc4-c4ccccc4)cc3)c3ccc(-c4ccccc4)c(-c4ccccc4)c3)c2)cc1. The van der Waals surface area contributed by atoms with E-state index in [1.807, 2.05) is 0 Å². The third kappa shape index (κ3) is 7.00. The lowest BCUT2D eigenvalue weighted by Crippen LogP contribution is -2.10. The quantitative estimate of drug-likeness (QED) is 0.145. The standard InChI is InChI=1S/C54H39N/c1-5-18-40(19-6-1)45-26-17-27-47(38-45)55(48-36-37-51(42-22-9-3-10-23-42)54(39-48)43-24-11-4-12-25-43)46-34-32-44(33-35-46)50-29-14-16-31-53(50)52-30-15-13-28-49(52)41-20-7-2-8-21-41/h1-39H. The van der Waals surface area contributed by atoms with E-state index >= 15 is 0 Å². The molecule has 9 aromatic rings. The Kier molecular flexibility index (Phi) is 9.41. The maximum Gasteiger partial charge on any atom is 0.0468 e. The molecule has 1 heteroatoms. The number of hydrogen-bond acceptors (Lipinski definition) is 1. The number of nitrogens with zero attached hydrogens (tertiary/aromatic N) is 1. The van der Waals surface area contributed by atoms with Crippen LogP contribution in [0, 0.1) is 0 Å². The monoisotopic (exact) mass is 701 g/mol. The van der Waals surface area contributed by atoms with Crippen LogP contribution in [-0.2, 0) is 0 Å². The third-order valence-electron chi connectivity index (χ3n) is 10.3. The Balaban J connectivity index is 1.18. The first-order valence-electron chi connectivity index (χ1n) is 18.8. The highest BCUT2D eigenvalue weighted by Gasteiger charge is 2.18. The molecule has 0 fully saturated rings. The third-order valence-corrected chi connectivity index (χ3v) is 10.3. The Labute approximate surface area is 324 Å². The lowest BCUT2D eigenvalue weighted by atomic mass is 9.89. The van der Waals surface area contributed by atoms with Crippen molar-refractivity contribution in [2.75, 3.05) is 4.90 Å². The molecular weight excluding hydrogens is 663 g/mol. The number of benzene rings is 9. The van der Waals surface area contributed by atoms with Crippen molar-refractivity contribution in [2.45, 2.75) is 0 Å². The predicted molar refractivity (Wildman–Crippen MR) is 234 cm³/mol. The summed E-state index contributed by atoms with van der Waals surface area (Å²) in [7, 11) is 0. The van der Waals surface area contributed by atoms with Gasteiger partial charge in [-0.1, -0.05) is 200 Å². The maximum absolute atomic E-state index is 2.38. The van der Waals surface area contributed by atoms with Crippen molar-refractivity contribution >= 4 is 17.1 Å². The van der Waals surface area contributed by atoms with Crippen LogP contribution in [0.4, 0.5) is 17.1 Å². The van der Waals surface area contributed by atoms with E-state index in [2.05, 4.69) is 241 Å². The van der Waals surface area contributed by atoms with Gasteiger partial charge < -0.3 is 4.90 Å². The van der Waals surface area contributed by atoms with E-state index in [0.29, 0.717) is 0 Å². The Bertz CT molecular complexity index is 2670. The molecule has 9 aromatic carbocycles. The van der Waals surface area contributed by atoms with Gasteiger partial charge in [-0.15, -0.1) is 0 Å². The summed E-state index contributed by atoms with van der Waals surface area (Å²) >= 11 is 0. The van der Waals surface area contributed by atoms with Gasteiger partial charge in [0.1, 0.15) is 0 Å². The van der Waals surface area contributed by atoms with Crippen molar-refractivity contribution in [3.8, 4) is 66.8 Å². The molecule has 0 aromatic heterocycles. The molecule has 0 N–H and O–H groups in total. The normalized spacial score (nSPS) is 10.9. The molecule has 260 valence electrons. The topological polar surface area (TPSA) is 3.24 Å². The first kappa shape index (κ1) is 33.6. The predicted octanol–water partition coefficient (Wildman–Crippen LogP) is 15.2. The number of rotatable bonds is 9. The van der Waals surface area contributed by atoms with Crippen molar-refractivity contribution in [3.63, 3.8) is 0 Å². The fourth-order valence-corrected chi connectivity index (χ4v) is 7.65.